The van der Waals surface area contributed by atoms with E-state index in [1.54, 1.807) is 0 Å². The van der Waals surface area contributed by atoms with E-state index in [0.717, 1.165) is 6.42 Å². The summed E-state index contributed by atoms with van der Waals surface area (Å²) in [4.78, 5) is 0. The van der Waals surface area contributed by atoms with Gasteiger partial charge in [-0.2, -0.15) is 0 Å². The lowest BCUT2D eigenvalue weighted by molar-refractivity contribution is 0.652. The maximum atomic E-state index is 2.49. The first-order valence-electron chi connectivity index (χ1n) is 14.1. The lowest BCUT2D eigenvalue weighted by Gasteiger charge is -2.43. The summed E-state index contributed by atoms with van der Waals surface area (Å²) in [5.74, 6) is 0.394. The molecular weight excluding hydrogens is 468 g/mol. The van der Waals surface area contributed by atoms with Crippen molar-refractivity contribution >= 4 is 10.8 Å². The van der Waals surface area contributed by atoms with Crippen molar-refractivity contribution in [1.29, 1.82) is 0 Å². The fourth-order valence-electron chi connectivity index (χ4n) is 7.65. The number of fused-ring (bicyclic) bond motifs is 11. The molecule has 0 atom stereocenters. The topological polar surface area (TPSA) is 0 Å². The Labute approximate surface area is 230 Å². The van der Waals surface area contributed by atoms with Gasteiger partial charge in [-0.25, -0.2) is 0 Å². The third-order valence-electron chi connectivity index (χ3n) is 9.29. The second-order valence-electron chi connectivity index (χ2n) is 11.2. The molecule has 0 fully saturated rings. The molecule has 0 N–H and O–H groups in total. The monoisotopic (exact) mass is 498 g/mol. The van der Waals surface area contributed by atoms with Crippen LogP contribution in [0, 0.1) is 6.92 Å². The Morgan fingerprint density at radius 1 is 0.564 bits per heavy atom. The Kier molecular flexibility index (Phi) is 4.79. The number of hydrogen-bond donors (Lipinski definition) is 0. The standard InChI is InChI=1S/C39H30/c1-3-29-31-12-6-8-14-35(31)39(36-15-9-7-13-32(29)36)37-24-28(26-18-16-25(2)17-19-26)21-22-33(37)34-23-20-27-10-4-5-11-30(27)38(34)39/h4-24,29H,3H2,1-2H3. The van der Waals surface area contributed by atoms with E-state index in [0.29, 0.717) is 5.92 Å². The molecule has 1 spiro atoms. The van der Waals surface area contributed by atoms with Gasteiger partial charge in [0.2, 0.25) is 0 Å². The van der Waals surface area contributed by atoms with Gasteiger partial charge in [-0.15, -0.1) is 0 Å². The second-order valence-corrected chi connectivity index (χ2v) is 11.2. The van der Waals surface area contributed by atoms with E-state index in [4.69, 9.17) is 0 Å². The molecule has 39 heavy (non-hydrogen) atoms. The first-order valence-corrected chi connectivity index (χ1v) is 14.1. The summed E-state index contributed by atoms with van der Waals surface area (Å²) in [6, 6.07) is 48.3. The molecule has 0 radical (unpaired) electrons. The van der Waals surface area contributed by atoms with Gasteiger partial charge in [-0.3, -0.25) is 0 Å². The quantitative estimate of drug-likeness (QED) is 0.222. The Morgan fingerprint density at radius 2 is 1.18 bits per heavy atom. The molecule has 0 bridgehead atoms. The molecule has 8 rings (SSSR count). The number of aryl methyl sites for hydroxylation is 1. The highest BCUT2D eigenvalue weighted by Gasteiger charge is 2.52. The maximum absolute atomic E-state index is 2.49. The van der Waals surface area contributed by atoms with Gasteiger partial charge in [0.1, 0.15) is 0 Å². The average molecular weight is 499 g/mol. The molecule has 0 aliphatic heterocycles. The SMILES string of the molecule is CCC1c2ccccc2C2(c3cc(-c4ccc(C)cc4)ccc3-c3ccc4ccccc4c32)c2ccccc21. The van der Waals surface area contributed by atoms with Crippen molar-refractivity contribution in [1.82, 2.24) is 0 Å². The van der Waals surface area contributed by atoms with E-state index in [9.17, 15) is 0 Å². The average Bonchev–Trinajstić information content (AvgIpc) is 3.29. The minimum Gasteiger partial charge on any atom is -0.0645 e. The fourth-order valence-corrected chi connectivity index (χ4v) is 7.65. The van der Waals surface area contributed by atoms with Crippen LogP contribution in [0.4, 0.5) is 0 Å². The van der Waals surface area contributed by atoms with Crippen molar-refractivity contribution in [3.8, 4) is 22.3 Å². The van der Waals surface area contributed by atoms with Gasteiger partial charge in [0.25, 0.3) is 0 Å². The lowest BCUT2D eigenvalue weighted by atomic mass is 9.58. The van der Waals surface area contributed by atoms with Crippen LogP contribution in [0.1, 0.15) is 58.2 Å². The van der Waals surface area contributed by atoms with Crippen molar-refractivity contribution in [3.05, 3.63) is 166 Å². The van der Waals surface area contributed by atoms with Gasteiger partial charge in [0.15, 0.2) is 0 Å². The molecule has 0 nitrogen and oxygen atoms in total. The normalized spacial score (nSPS) is 18.5. The molecule has 0 amide bonds. The zero-order chi connectivity index (χ0) is 26.1. The molecule has 2 aliphatic rings. The van der Waals surface area contributed by atoms with Crippen LogP contribution in [0.15, 0.2) is 127 Å². The first kappa shape index (κ1) is 22.6. The molecule has 0 heteroatoms. The van der Waals surface area contributed by atoms with Crippen LogP contribution < -0.4 is 0 Å². The minimum absolute atomic E-state index is 0.370. The summed E-state index contributed by atoms with van der Waals surface area (Å²) in [6.45, 7) is 4.49. The molecule has 0 saturated carbocycles. The molecular formula is C39H30. The maximum Gasteiger partial charge on any atom is 0.0725 e. The van der Waals surface area contributed by atoms with E-state index in [1.807, 2.05) is 0 Å². The third-order valence-corrected chi connectivity index (χ3v) is 9.29. The van der Waals surface area contributed by atoms with Crippen LogP contribution in [-0.4, -0.2) is 0 Å². The zero-order valence-corrected chi connectivity index (χ0v) is 22.4. The van der Waals surface area contributed by atoms with Crippen molar-refractivity contribution in [3.63, 3.8) is 0 Å². The van der Waals surface area contributed by atoms with E-state index >= 15 is 0 Å². The van der Waals surface area contributed by atoms with Gasteiger partial charge in [0.05, 0.1) is 5.41 Å². The Hall–Kier alpha value is -4.42. The lowest BCUT2D eigenvalue weighted by Crippen LogP contribution is -2.35. The van der Waals surface area contributed by atoms with Crippen LogP contribution >= 0.6 is 0 Å². The van der Waals surface area contributed by atoms with Gasteiger partial charge in [-0.1, -0.05) is 134 Å². The molecule has 0 aromatic heterocycles. The summed E-state index contributed by atoms with van der Waals surface area (Å²) in [5.41, 5.74) is 14.8. The Bertz CT molecular complexity index is 1860. The number of benzene rings is 6. The van der Waals surface area contributed by atoms with Crippen LogP contribution in [0.5, 0.6) is 0 Å². The van der Waals surface area contributed by atoms with Crippen molar-refractivity contribution < 1.29 is 0 Å². The van der Waals surface area contributed by atoms with Crippen molar-refractivity contribution in [2.24, 2.45) is 0 Å². The van der Waals surface area contributed by atoms with E-state index in [1.165, 1.54) is 72.0 Å². The first-order chi connectivity index (χ1) is 19.2. The van der Waals surface area contributed by atoms with Gasteiger partial charge >= 0.3 is 0 Å². The largest absolute Gasteiger partial charge is 0.0725 e. The molecule has 186 valence electrons. The molecule has 6 aromatic rings. The molecule has 2 aliphatic carbocycles. The zero-order valence-electron chi connectivity index (χ0n) is 22.4. The number of hydrogen-bond acceptors (Lipinski definition) is 0. The fraction of sp³-hybridized carbons (Fsp3) is 0.128. The Balaban J connectivity index is 1.57. The summed E-state index contributed by atoms with van der Waals surface area (Å²) in [5, 5.41) is 2.65. The van der Waals surface area contributed by atoms with E-state index < -0.39 is 0 Å². The van der Waals surface area contributed by atoms with E-state index in [2.05, 4.69) is 141 Å². The molecule has 6 aromatic carbocycles. The summed E-state index contributed by atoms with van der Waals surface area (Å²) < 4.78 is 0. The van der Waals surface area contributed by atoms with Crippen LogP contribution in [-0.2, 0) is 5.41 Å². The van der Waals surface area contributed by atoms with Crippen molar-refractivity contribution in [2.75, 3.05) is 0 Å². The van der Waals surface area contributed by atoms with E-state index in [-0.39, 0.29) is 5.41 Å². The summed E-state index contributed by atoms with van der Waals surface area (Å²) >= 11 is 0. The van der Waals surface area contributed by atoms with Gasteiger partial charge in [-0.05, 0) is 85.8 Å². The minimum atomic E-state index is -0.370. The Morgan fingerprint density at radius 3 is 1.90 bits per heavy atom. The highest BCUT2D eigenvalue weighted by Crippen LogP contribution is 2.63. The van der Waals surface area contributed by atoms with Crippen molar-refractivity contribution in [2.45, 2.75) is 31.6 Å². The van der Waals surface area contributed by atoms with Crippen LogP contribution in [0.25, 0.3) is 33.0 Å². The summed E-state index contributed by atoms with van der Waals surface area (Å²) in [6.07, 6.45) is 1.09. The van der Waals surface area contributed by atoms with Gasteiger partial charge < -0.3 is 0 Å². The molecule has 0 heterocycles. The molecule has 0 unspecified atom stereocenters. The smallest absolute Gasteiger partial charge is 0.0645 e. The second kappa shape index (κ2) is 8.29. The predicted molar refractivity (Wildman–Crippen MR) is 164 cm³/mol. The number of rotatable bonds is 2. The predicted octanol–water partition coefficient (Wildman–Crippen LogP) is 10.0. The van der Waals surface area contributed by atoms with Crippen LogP contribution in [0.3, 0.4) is 0 Å². The highest BCUT2D eigenvalue weighted by molar-refractivity contribution is 6.01. The van der Waals surface area contributed by atoms with Crippen LogP contribution in [0.2, 0.25) is 0 Å². The summed E-state index contributed by atoms with van der Waals surface area (Å²) in [7, 11) is 0. The third kappa shape index (κ3) is 2.95. The molecule has 0 saturated heterocycles. The van der Waals surface area contributed by atoms with Gasteiger partial charge in [0, 0.05) is 5.92 Å². The highest BCUT2D eigenvalue weighted by atomic mass is 14.5.